The molecule has 0 unspecified atom stereocenters. The second kappa shape index (κ2) is 6.69. The number of benzene rings is 1. The zero-order chi connectivity index (χ0) is 16.5. The van der Waals surface area contributed by atoms with Crippen LogP contribution in [0, 0.1) is 0 Å². The Morgan fingerprint density at radius 2 is 2.08 bits per heavy atom. The maximum Gasteiger partial charge on any atom is 0.260 e. The van der Waals surface area contributed by atoms with Crippen molar-refractivity contribution in [1.29, 1.82) is 0 Å². The van der Waals surface area contributed by atoms with Gasteiger partial charge < -0.3 is 4.98 Å². The van der Waals surface area contributed by atoms with E-state index in [2.05, 4.69) is 28.2 Å². The van der Waals surface area contributed by atoms with Gasteiger partial charge in [0.05, 0.1) is 12.1 Å². The molecule has 0 aliphatic heterocycles. The highest BCUT2D eigenvalue weighted by atomic mass is 32.2. The van der Waals surface area contributed by atoms with E-state index in [-0.39, 0.29) is 5.56 Å². The Kier molecular flexibility index (Phi) is 4.41. The first-order valence-electron chi connectivity index (χ1n) is 8.09. The minimum Gasteiger partial charge on any atom is -0.301 e. The fourth-order valence-electron chi connectivity index (χ4n) is 3.25. The Morgan fingerprint density at radius 1 is 1.25 bits per heavy atom. The number of nitrogens with one attached hydrogen (secondary N) is 1. The predicted octanol–water partition coefficient (Wildman–Crippen LogP) is 4.59. The van der Waals surface area contributed by atoms with E-state index in [0.29, 0.717) is 21.1 Å². The molecule has 2 aromatic heterocycles. The third-order valence-corrected chi connectivity index (χ3v) is 6.10. The fourth-order valence-corrected chi connectivity index (χ4v) is 4.84. The number of aromatic nitrogens is 2. The van der Waals surface area contributed by atoms with Gasteiger partial charge in [0.1, 0.15) is 4.83 Å². The Hall–Kier alpha value is -1.66. The van der Waals surface area contributed by atoms with Gasteiger partial charge in [-0.2, -0.15) is 0 Å². The van der Waals surface area contributed by atoms with Gasteiger partial charge in [0.25, 0.3) is 5.56 Å². The molecule has 4 rings (SSSR count). The van der Waals surface area contributed by atoms with Crippen molar-refractivity contribution in [2.75, 3.05) is 12.4 Å². The Balaban J connectivity index is 1.79. The summed E-state index contributed by atoms with van der Waals surface area (Å²) in [6.45, 7) is -0.433. The van der Waals surface area contributed by atoms with E-state index >= 15 is 0 Å². The summed E-state index contributed by atoms with van der Waals surface area (Å²) in [5.74, 6) is 0.303. The third-order valence-electron chi connectivity index (χ3n) is 4.40. The SMILES string of the molecule is O=c1[nH]c(SCCF)nc2scc(-c3ccc4c(c3)CCCC4)c12. The molecular weight excluding hydrogens is 343 g/mol. The third kappa shape index (κ3) is 2.89. The minimum absolute atomic E-state index is 0.143. The molecule has 1 aliphatic carbocycles. The molecule has 6 heteroatoms. The smallest absolute Gasteiger partial charge is 0.260 e. The minimum atomic E-state index is -0.433. The molecule has 3 nitrogen and oxygen atoms in total. The van der Waals surface area contributed by atoms with Gasteiger partial charge in [-0.3, -0.25) is 9.18 Å². The molecule has 0 spiro atoms. The monoisotopic (exact) mass is 360 g/mol. The molecule has 2 heterocycles. The maximum atomic E-state index is 12.5. The maximum absolute atomic E-state index is 12.5. The molecule has 0 fully saturated rings. The number of rotatable bonds is 4. The number of hydrogen-bond acceptors (Lipinski definition) is 4. The van der Waals surface area contributed by atoms with Gasteiger partial charge in [0, 0.05) is 16.7 Å². The molecule has 0 saturated heterocycles. The van der Waals surface area contributed by atoms with Crippen LogP contribution < -0.4 is 5.56 Å². The molecule has 24 heavy (non-hydrogen) atoms. The quantitative estimate of drug-likeness (QED) is 0.547. The average molecular weight is 360 g/mol. The molecule has 1 aromatic carbocycles. The number of thioether (sulfide) groups is 1. The van der Waals surface area contributed by atoms with E-state index in [1.54, 1.807) is 0 Å². The Labute approximate surface area is 147 Å². The predicted molar refractivity (Wildman–Crippen MR) is 99.0 cm³/mol. The first kappa shape index (κ1) is 15.8. The summed E-state index contributed by atoms with van der Waals surface area (Å²) < 4.78 is 12.3. The summed E-state index contributed by atoms with van der Waals surface area (Å²) in [4.78, 5) is 20.5. The van der Waals surface area contributed by atoms with E-state index in [1.165, 1.54) is 47.1 Å². The highest BCUT2D eigenvalue weighted by molar-refractivity contribution is 7.99. The first-order valence-corrected chi connectivity index (χ1v) is 9.95. The van der Waals surface area contributed by atoms with E-state index in [9.17, 15) is 9.18 Å². The summed E-state index contributed by atoms with van der Waals surface area (Å²) >= 11 is 2.71. The molecule has 0 radical (unpaired) electrons. The van der Waals surface area contributed by atoms with Crippen LogP contribution in [0.25, 0.3) is 21.3 Å². The van der Waals surface area contributed by atoms with Gasteiger partial charge in [-0.25, -0.2) is 4.98 Å². The summed E-state index contributed by atoms with van der Waals surface area (Å²) in [6.07, 6.45) is 4.76. The highest BCUT2D eigenvalue weighted by Gasteiger charge is 2.15. The molecule has 124 valence electrons. The number of thiophene rings is 1. The van der Waals surface area contributed by atoms with Crippen molar-refractivity contribution in [3.63, 3.8) is 0 Å². The van der Waals surface area contributed by atoms with Crippen LogP contribution in [-0.4, -0.2) is 22.4 Å². The van der Waals surface area contributed by atoms with E-state index in [4.69, 9.17) is 0 Å². The summed E-state index contributed by atoms with van der Waals surface area (Å²) in [5.41, 5.74) is 4.71. The van der Waals surface area contributed by atoms with E-state index in [1.807, 2.05) is 5.38 Å². The molecule has 1 aliphatic rings. The summed E-state index contributed by atoms with van der Waals surface area (Å²) in [5, 5.41) is 3.13. The lowest BCUT2D eigenvalue weighted by Gasteiger charge is -2.16. The van der Waals surface area contributed by atoms with Gasteiger partial charge in [-0.15, -0.1) is 11.3 Å². The molecule has 0 amide bonds. The number of aromatic amines is 1. The molecule has 3 aromatic rings. The first-order chi connectivity index (χ1) is 11.8. The largest absolute Gasteiger partial charge is 0.301 e. The van der Waals surface area contributed by atoms with Crippen molar-refractivity contribution in [2.45, 2.75) is 30.8 Å². The van der Waals surface area contributed by atoms with Crippen LogP contribution in [0.15, 0.2) is 33.5 Å². The van der Waals surface area contributed by atoms with Gasteiger partial charge in [0.15, 0.2) is 5.16 Å². The van der Waals surface area contributed by atoms with Gasteiger partial charge in [0.2, 0.25) is 0 Å². The van der Waals surface area contributed by atoms with Crippen LogP contribution in [-0.2, 0) is 12.8 Å². The molecule has 0 saturated carbocycles. The van der Waals surface area contributed by atoms with Gasteiger partial charge in [-0.1, -0.05) is 30.0 Å². The van der Waals surface area contributed by atoms with Crippen LogP contribution >= 0.6 is 23.1 Å². The highest BCUT2D eigenvalue weighted by Crippen LogP contribution is 2.34. The van der Waals surface area contributed by atoms with Crippen molar-refractivity contribution >= 4 is 33.3 Å². The van der Waals surface area contributed by atoms with Crippen LogP contribution in [0.2, 0.25) is 0 Å². The van der Waals surface area contributed by atoms with Crippen molar-refractivity contribution in [3.05, 3.63) is 45.1 Å². The molecule has 0 atom stereocenters. The van der Waals surface area contributed by atoms with E-state index < -0.39 is 6.67 Å². The van der Waals surface area contributed by atoms with Crippen molar-refractivity contribution < 1.29 is 4.39 Å². The van der Waals surface area contributed by atoms with Crippen LogP contribution in [0.5, 0.6) is 0 Å². The zero-order valence-electron chi connectivity index (χ0n) is 13.1. The van der Waals surface area contributed by atoms with Crippen molar-refractivity contribution in [2.24, 2.45) is 0 Å². The van der Waals surface area contributed by atoms with Crippen LogP contribution in [0.1, 0.15) is 24.0 Å². The number of alkyl halides is 1. The lowest BCUT2D eigenvalue weighted by molar-refractivity contribution is 0.532. The van der Waals surface area contributed by atoms with E-state index in [0.717, 1.165) is 24.0 Å². The fraction of sp³-hybridized carbons (Fsp3) is 0.333. The number of H-pyrrole nitrogens is 1. The number of halogens is 1. The summed E-state index contributed by atoms with van der Waals surface area (Å²) in [6, 6.07) is 6.53. The lowest BCUT2D eigenvalue weighted by Crippen LogP contribution is -2.09. The van der Waals surface area contributed by atoms with Crippen molar-refractivity contribution in [3.8, 4) is 11.1 Å². The second-order valence-electron chi connectivity index (χ2n) is 5.93. The average Bonchev–Trinajstić information content (AvgIpc) is 3.04. The zero-order valence-corrected chi connectivity index (χ0v) is 14.7. The van der Waals surface area contributed by atoms with Crippen LogP contribution in [0.3, 0.4) is 0 Å². The molecule has 0 bridgehead atoms. The topological polar surface area (TPSA) is 45.8 Å². The van der Waals surface area contributed by atoms with Crippen molar-refractivity contribution in [1.82, 2.24) is 9.97 Å². The number of aryl methyl sites for hydroxylation is 2. The van der Waals surface area contributed by atoms with Gasteiger partial charge >= 0.3 is 0 Å². The Bertz CT molecular complexity index is 948. The van der Waals surface area contributed by atoms with Crippen LogP contribution in [0.4, 0.5) is 4.39 Å². The number of nitrogens with zero attached hydrogens (tertiary/aromatic N) is 1. The lowest BCUT2D eigenvalue weighted by atomic mass is 9.89. The van der Waals surface area contributed by atoms with Gasteiger partial charge in [-0.05, 0) is 42.4 Å². The second-order valence-corrected chi connectivity index (χ2v) is 7.87. The normalized spacial score (nSPS) is 14.0. The number of hydrogen-bond donors (Lipinski definition) is 1. The molecule has 1 N–H and O–H groups in total. The summed E-state index contributed by atoms with van der Waals surface area (Å²) in [7, 11) is 0. The molecular formula is C18H17FN2OS2. The standard InChI is InChI=1S/C18H17FN2OS2/c19-7-8-23-18-20-16(22)15-14(10-24-17(15)21-18)13-6-5-11-3-1-2-4-12(11)9-13/h5-6,9-10H,1-4,7-8H2,(H,20,21,22). The Morgan fingerprint density at radius 3 is 2.92 bits per heavy atom. The number of fused-ring (bicyclic) bond motifs is 2.